The summed E-state index contributed by atoms with van der Waals surface area (Å²) in [4.78, 5) is 24.2. The smallest absolute Gasteiger partial charge is 0.264 e. The lowest BCUT2D eigenvalue weighted by Gasteiger charge is -2.30. The van der Waals surface area contributed by atoms with Gasteiger partial charge in [0.25, 0.3) is 5.91 Å². The number of piperidine rings is 1. The fraction of sp³-hybridized carbons (Fsp3) is 0.333. The Bertz CT molecular complexity index is 1530. The molecule has 4 aromatic rings. The quantitative estimate of drug-likeness (QED) is 0.368. The fourth-order valence-corrected chi connectivity index (χ4v) is 5.74. The fourth-order valence-electron chi connectivity index (χ4n) is 4.61. The maximum atomic E-state index is 14.6. The Morgan fingerprint density at radius 3 is 2.84 bits per heavy atom. The van der Waals surface area contributed by atoms with Crippen molar-refractivity contribution in [2.45, 2.75) is 44.9 Å². The molecule has 5 rings (SSSR count). The van der Waals surface area contributed by atoms with Crippen molar-refractivity contribution < 1.29 is 14.3 Å². The molecule has 0 bridgehead atoms. The van der Waals surface area contributed by atoms with Gasteiger partial charge in [0, 0.05) is 52.9 Å². The maximum absolute atomic E-state index is 14.6. The number of benzene rings is 1. The standard InChI is InChI=1S/C27H27FN6O2S/c1-27(2,36)15-34-13-18-9-17(12-31-25(18)32-34)24-20(16-6-7-22(30-3)21(28)10-16)11-23(37-24)26(35)33-8-4-5-19(29)14-33/h6-7,9-13,19,36H,4-5,8,14-15,29H2,1-2H3/t19-/m1/s1. The number of rotatable bonds is 5. The summed E-state index contributed by atoms with van der Waals surface area (Å²) in [6.07, 6.45) is 5.26. The Morgan fingerprint density at radius 2 is 2.14 bits per heavy atom. The molecule has 0 spiro atoms. The van der Waals surface area contributed by atoms with E-state index in [4.69, 9.17) is 12.3 Å². The number of amides is 1. The van der Waals surface area contributed by atoms with E-state index in [-0.39, 0.29) is 17.6 Å². The third-order valence-corrected chi connectivity index (χ3v) is 7.46. The van der Waals surface area contributed by atoms with Gasteiger partial charge in [0.2, 0.25) is 5.69 Å². The van der Waals surface area contributed by atoms with Crippen LogP contribution in [-0.2, 0) is 6.54 Å². The first-order chi connectivity index (χ1) is 17.6. The minimum Gasteiger partial charge on any atom is -0.389 e. The van der Waals surface area contributed by atoms with Crippen molar-refractivity contribution in [3.63, 3.8) is 0 Å². The van der Waals surface area contributed by atoms with E-state index >= 15 is 0 Å². The molecule has 1 fully saturated rings. The van der Waals surface area contributed by atoms with Crippen molar-refractivity contribution in [2.24, 2.45) is 5.73 Å². The molecule has 10 heteroatoms. The zero-order valence-corrected chi connectivity index (χ0v) is 21.4. The summed E-state index contributed by atoms with van der Waals surface area (Å²) in [5.74, 6) is -0.709. The van der Waals surface area contributed by atoms with E-state index in [0.717, 1.165) is 28.7 Å². The van der Waals surface area contributed by atoms with Gasteiger partial charge < -0.3 is 15.7 Å². The summed E-state index contributed by atoms with van der Waals surface area (Å²) in [7, 11) is 0. The van der Waals surface area contributed by atoms with Gasteiger partial charge in [-0.3, -0.25) is 9.48 Å². The second-order valence-electron chi connectivity index (χ2n) is 10.1. The zero-order valence-electron chi connectivity index (χ0n) is 20.6. The Balaban J connectivity index is 1.59. The van der Waals surface area contributed by atoms with E-state index in [0.29, 0.717) is 41.3 Å². The summed E-state index contributed by atoms with van der Waals surface area (Å²) in [5, 5.41) is 15.4. The van der Waals surface area contributed by atoms with Crippen LogP contribution < -0.4 is 5.73 Å². The highest BCUT2D eigenvalue weighted by molar-refractivity contribution is 7.18. The lowest BCUT2D eigenvalue weighted by atomic mass is 10.0. The molecule has 0 unspecified atom stereocenters. The lowest BCUT2D eigenvalue weighted by molar-refractivity contribution is 0.0579. The van der Waals surface area contributed by atoms with Gasteiger partial charge in [-0.1, -0.05) is 12.1 Å². The van der Waals surface area contributed by atoms with Gasteiger partial charge in [0.15, 0.2) is 5.65 Å². The van der Waals surface area contributed by atoms with Crippen LogP contribution in [0.25, 0.3) is 37.4 Å². The number of fused-ring (bicyclic) bond motifs is 1. The van der Waals surface area contributed by atoms with Crippen LogP contribution in [0.15, 0.2) is 42.7 Å². The second kappa shape index (κ2) is 9.67. The van der Waals surface area contributed by atoms with Crippen molar-refractivity contribution in [1.82, 2.24) is 19.7 Å². The normalized spacial score (nSPS) is 16.2. The molecule has 0 saturated carbocycles. The molecule has 3 N–H and O–H groups in total. The van der Waals surface area contributed by atoms with E-state index < -0.39 is 11.4 Å². The van der Waals surface area contributed by atoms with Crippen LogP contribution >= 0.6 is 11.3 Å². The summed E-state index contributed by atoms with van der Waals surface area (Å²) in [6.45, 7) is 12.0. The van der Waals surface area contributed by atoms with Gasteiger partial charge in [-0.25, -0.2) is 14.2 Å². The molecule has 1 aromatic carbocycles. The monoisotopic (exact) mass is 518 g/mol. The molecular weight excluding hydrogens is 491 g/mol. The average Bonchev–Trinajstić information content (AvgIpc) is 3.46. The molecule has 1 aliphatic heterocycles. The Labute approximate surface area is 218 Å². The number of carbonyl (C=O) groups is 1. The van der Waals surface area contributed by atoms with Crippen LogP contribution in [-0.4, -0.2) is 55.4 Å². The largest absolute Gasteiger partial charge is 0.389 e. The number of pyridine rings is 1. The molecule has 8 nitrogen and oxygen atoms in total. The Hall–Kier alpha value is -3.65. The van der Waals surface area contributed by atoms with Crippen LogP contribution in [0.5, 0.6) is 0 Å². The van der Waals surface area contributed by atoms with Gasteiger partial charge in [0.1, 0.15) is 5.82 Å². The number of halogens is 1. The van der Waals surface area contributed by atoms with E-state index in [9.17, 15) is 14.3 Å². The number of nitrogens with two attached hydrogens (primary N) is 1. The highest BCUT2D eigenvalue weighted by atomic mass is 32.1. The first-order valence-electron chi connectivity index (χ1n) is 12.0. The highest BCUT2D eigenvalue weighted by Gasteiger charge is 2.26. The van der Waals surface area contributed by atoms with Crippen LogP contribution in [0.3, 0.4) is 0 Å². The van der Waals surface area contributed by atoms with Gasteiger partial charge in [-0.05, 0) is 50.5 Å². The summed E-state index contributed by atoms with van der Waals surface area (Å²) in [5.41, 5.74) is 7.69. The number of aromatic nitrogens is 3. The molecule has 4 heterocycles. The molecule has 190 valence electrons. The van der Waals surface area contributed by atoms with Crippen LogP contribution in [0.4, 0.5) is 10.1 Å². The van der Waals surface area contributed by atoms with Gasteiger partial charge in [-0.15, -0.1) is 11.3 Å². The summed E-state index contributed by atoms with van der Waals surface area (Å²) >= 11 is 1.33. The SMILES string of the molecule is [C-]#[N+]c1ccc(-c2cc(C(=O)N3CCC[C@@H](N)C3)sc2-c2cnc3nn(CC(C)(C)O)cc3c2)cc1F. The van der Waals surface area contributed by atoms with Gasteiger partial charge >= 0.3 is 0 Å². The van der Waals surface area contributed by atoms with Crippen molar-refractivity contribution in [1.29, 1.82) is 0 Å². The topological polar surface area (TPSA) is 102 Å². The van der Waals surface area contributed by atoms with E-state index in [2.05, 4.69) is 14.9 Å². The molecule has 0 aliphatic carbocycles. The van der Waals surface area contributed by atoms with Crippen molar-refractivity contribution >= 4 is 34.0 Å². The van der Waals surface area contributed by atoms with Crippen molar-refractivity contribution in [3.8, 4) is 21.6 Å². The number of carbonyl (C=O) groups excluding carboxylic acids is 1. The number of likely N-dealkylation sites (tertiary alicyclic amines) is 1. The molecule has 1 atom stereocenters. The predicted molar refractivity (Wildman–Crippen MR) is 142 cm³/mol. The van der Waals surface area contributed by atoms with Gasteiger partial charge in [-0.2, -0.15) is 5.10 Å². The highest BCUT2D eigenvalue weighted by Crippen LogP contribution is 2.41. The first-order valence-corrected chi connectivity index (χ1v) is 12.8. The molecule has 0 radical (unpaired) electrons. The average molecular weight is 519 g/mol. The number of hydrogen-bond acceptors (Lipinski definition) is 6. The number of thiophene rings is 1. The second-order valence-corrected chi connectivity index (χ2v) is 11.1. The van der Waals surface area contributed by atoms with Crippen LogP contribution in [0, 0.1) is 12.4 Å². The molecule has 1 aliphatic rings. The number of hydrogen-bond donors (Lipinski definition) is 2. The Morgan fingerprint density at radius 1 is 1.32 bits per heavy atom. The van der Waals surface area contributed by atoms with E-state index in [1.807, 2.05) is 12.3 Å². The van der Waals surface area contributed by atoms with E-state index in [1.54, 1.807) is 41.8 Å². The number of aliphatic hydroxyl groups is 1. The molecule has 1 saturated heterocycles. The zero-order chi connectivity index (χ0) is 26.3. The van der Waals surface area contributed by atoms with Crippen molar-refractivity contribution in [3.05, 3.63) is 64.8 Å². The molecule has 37 heavy (non-hydrogen) atoms. The molecule has 3 aromatic heterocycles. The lowest BCUT2D eigenvalue weighted by Crippen LogP contribution is -2.45. The molecular formula is C27H27FN6O2S. The summed E-state index contributed by atoms with van der Waals surface area (Å²) < 4.78 is 16.2. The van der Waals surface area contributed by atoms with Crippen LogP contribution in [0.1, 0.15) is 36.4 Å². The van der Waals surface area contributed by atoms with Crippen LogP contribution in [0.2, 0.25) is 0 Å². The number of nitrogens with zero attached hydrogens (tertiary/aromatic N) is 5. The summed E-state index contributed by atoms with van der Waals surface area (Å²) in [6, 6.07) is 8.15. The first kappa shape index (κ1) is 25.0. The molecule has 1 amide bonds. The van der Waals surface area contributed by atoms with Crippen molar-refractivity contribution in [2.75, 3.05) is 13.1 Å². The predicted octanol–water partition coefficient (Wildman–Crippen LogP) is 4.85. The third kappa shape index (κ3) is 5.25. The van der Waals surface area contributed by atoms with Gasteiger partial charge in [0.05, 0.1) is 23.6 Å². The minimum atomic E-state index is -0.931. The Kier molecular flexibility index (Phi) is 6.54. The minimum absolute atomic E-state index is 0.0427. The third-order valence-electron chi connectivity index (χ3n) is 6.28. The van der Waals surface area contributed by atoms with E-state index in [1.165, 1.54) is 23.5 Å². The maximum Gasteiger partial charge on any atom is 0.264 e.